The second kappa shape index (κ2) is 8.07. The fraction of sp³-hybridized carbons (Fsp3) is 0.273. The van der Waals surface area contributed by atoms with Gasteiger partial charge in [-0.1, -0.05) is 17.7 Å². The van der Waals surface area contributed by atoms with Gasteiger partial charge in [-0.25, -0.2) is 0 Å². The van der Waals surface area contributed by atoms with E-state index in [9.17, 15) is 9.90 Å². The number of carbonyl (C=O) groups excluding carboxylic acids is 1. The Labute approximate surface area is 168 Å². The molecule has 1 heterocycles. The fourth-order valence-electron chi connectivity index (χ4n) is 3.76. The minimum absolute atomic E-state index is 0.103. The monoisotopic (exact) mass is 395 g/mol. The van der Waals surface area contributed by atoms with Gasteiger partial charge < -0.3 is 15.7 Å². The number of benzene rings is 2. The van der Waals surface area contributed by atoms with Crippen molar-refractivity contribution in [1.29, 1.82) is 0 Å². The second-order valence-electron chi connectivity index (χ2n) is 7.24. The molecule has 0 radical (unpaired) electrons. The van der Waals surface area contributed by atoms with Crippen molar-refractivity contribution in [2.24, 2.45) is 0 Å². The molecule has 0 atom stereocenters. The molecule has 28 heavy (non-hydrogen) atoms. The number of nitrogens with one attached hydrogen (secondary N) is 2. The average Bonchev–Trinajstić information content (AvgIpc) is 2.69. The van der Waals surface area contributed by atoms with E-state index in [4.69, 9.17) is 11.6 Å². The Morgan fingerprint density at radius 2 is 1.82 bits per heavy atom. The van der Waals surface area contributed by atoms with Crippen LogP contribution in [0.4, 0.5) is 5.69 Å². The molecule has 0 spiro atoms. The number of anilines is 1. The van der Waals surface area contributed by atoms with Crippen LogP contribution in [0.3, 0.4) is 0 Å². The van der Waals surface area contributed by atoms with E-state index < -0.39 is 0 Å². The van der Waals surface area contributed by atoms with Gasteiger partial charge in [0, 0.05) is 39.9 Å². The molecule has 1 saturated carbocycles. The van der Waals surface area contributed by atoms with Gasteiger partial charge in [-0.15, -0.1) is 0 Å². The first kappa shape index (κ1) is 18.6. The number of amides is 1. The molecule has 1 amide bonds. The summed E-state index contributed by atoms with van der Waals surface area (Å²) >= 11 is 6.06. The lowest BCUT2D eigenvalue weighted by Crippen LogP contribution is -2.40. The minimum atomic E-state index is -0.135. The predicted octanol–water partition coefficient (Wildman–Crippen LogP) is 4.75. The molecule has 6 heteroatoms. The molecule has 3 aromatic rings. The van der Waals surface area contributed by atoms with Crippen molar-refractivity contribution in [2.45, 2.75) is 37.8 Å². The first-order chi connectivity index (χ1) is 13.6. The van der Waals surface area contributed by atoms with Crippen molar-refractivity contribution in [3.63, 3.8) is 0 Å². The van der Waals surface area contributed by atoms with Crippen molar-refractivity contribution >= 4 is 34.1 Å². The van der Waals surface area contributed by atoms with Crippen molar-refractivity contribution in [3.8, 4) is 5.75 Å². The third-order valence-electron chi connectivity index (χ3n) is 5.24. The summed E-state index contributed by atoms with van der Waals surface area (Å²) in [7, 11) is 0. The van der Waals surface area contributed by atoms with E-state index in [0.29, 0.717) is 16.6 Å². The van der Waals surface area contributed by atoms with E-state index in [1.165, 1.54) is 6.07 Å². The van der Waals surface area contributed by atoms with E-state index in [1.54, 1.807) is 24.4 Å². The SMILES string of the molecule is O=C(NC1CCC(Nc2ccnc3cc(Cl)ccc23)CC1)c1cccc(O)c1. The summed E-state index contributed by atoms with van der Waals surface area (Å²) in [5.74, 6) is -0.0317. The van der Waals surface area contributed by atoms with E-state index in [2.05, 4.69) is 15.6 Å². The number of nitrogens with zero attached hydrogens (tertiary/aromatic N) is 1. The lowest BCUT2D eigenvalue weighted by molar-refractivity contribution is 0.0926. The van der Waals surface area contributed by atoms with E-state index >= 15 is 0 Å². The Balaban J connectivity index is 1.35. The average molecular weight is 396 g/mol. The highest BCUT2D eigenvalue weighted by Crippen LogP contribution is 2.28. The number of fused-ring (bicyclic) bond motifs is 1. The zero-order chi connectivity index (χ0) is 19.5. The smallest absolute Gasteiger partial charge is 0.251 e. The van der Waals surface area contributed by atoms with Gasteiger partial charge in [-0.2, -0.15) is 0 Å². The molecule has 144 valence electrons. The molecule has 1 aromatic heterocycles. The summed E-state index contributed by atoms with van der Waals surface area (Å²) < 4.78 is 0. The zero-order valence-electron chi connectivity index (χ0n) is 15.4. The minimum Gasteiger partial charge on any atom is -0.508 e. The summed E-state index contributed by atoms with van der Waals surface area (Å²) in [5.41, 5.74) is 2.43. The topological polar surface area (TPSA) is 74.2 Å². The summed E-state index contributed by atoms with van der Waals surface area (Å²) in [6.07, 6.45) is 5.57. The fourth-order valence-corrected chi connectivity index (χ4v) is 3.93. The van der Waals surface area contributed by atoms with Crippen molar-refractivity contribution in [3.05, 3.63) is 65.3 Å². The molecule has 0 saturated heterocycles. The Morgan fingerprint density at radius 1 is 1.04 bits per heavy atom. The quantitative estimate of drug-likeness (QED) is 0.596. The predicted molar refractivity (Wildman–Crippen MR) is 112 cm³/mol. The maximum atomic E-state index is 12.4. The summed E-state index contributed by atoms with van der Waals surface area (Å²) in [5, 5.41) is 18.0. The standard InChI is InChI=1S/C22H22ClN3O2/c23-15-4-9-19-20(10-11-24-21(19)13-15)25-16-5-7-17(8-6-16)26-22(28)14-2-1-3-18(27)12-14/h1-4,9-13,16-17,27H,5-8H2,(H,24,25)(H,26,28). The molecule has 1 aliphatic rings. The summed E-state index contributed by atoms with van der Waals surface area (Å²) in [6, 6.07) is 14.7. The van der Waals surface area contributed by atoms with E-state index in [0.717, 1.165) is 42.3 Å². The maximum Gasteiger partial charge on any atom is 0.251 e. The van der Waals surface area contributed by atoms with Gasteiger partial charge in [0.05, 0.1) is 5.52 Å². The molecular formula is C22H22ClN3O2. The van der Waals surface area contributed by atoms with Crippen LogP contribution in [0.15, 0.2) is 54.7 Å². The van der Waals surface area contributed by atoms with Crippen molar-refractivity contribution in [2.75, 3.05) is 5.32 Å². The summed E-state index contributed by atoms with van der Waals surface area (Å²) in [6.45, 7) is 0. The molecule has 0 bridgehead atoms. The van der Waals surface area contributed by atoms with Gasteiger partial charge in [0.15, 0.2) is 0 Å². The zero-order valence-corrected chi connectivity index (χ0v) is 16.1. The highest BCUT2D eigenvalue weighted by Gasteiger charge is 2.23. The first-order valence-electron chi connectivity index (χ1n) is 9.49. The van der Waals surface area contributed by atoms with Gasteiger partial charge in [-0.3, -0.25) is 9.78 Å². The molecule has 0 unspecified atom stereocenters. The first-order valence-corrected chi connectivity index (χ1v) is 9.87. The number of rotatable bonds is 4. The van der Waals surface area contributed by atoms with Gasteiger partial charge in [-0.05, 0) is 68.1 Å². The van der Waals surface area contributed by atoms with Crippen LogP contribution < -0.4 is 10.6 Å². The molecule has 1 aliphatic carbocycles. The maximum absolute atomic E-state index is 12.4. The van der Waals surface area contributed by atoms with Crippen LogP contribution in [0.25, 0.3) is 10.9 Å². The number of hydrogen-bond acceptors (Lipinski definition) is 4. The van der Waals surface area contributed by atoms with Crippen LogP contribution in [0.1, 0.15) is 36.0 Å². The number of halogens is 1. The Hall–Kier alpha value is -2.79. The van der Waals surface area contributed by atoms with Crippen LogP contribution >= 0.6 is 11.6 Å². The molecule has 4 rings (SSSR count). The largest absolute Gasteiger partial charge is 0.508 e. The van der Waals surface area contributed by atoms with E-state index in [-0.39, 0.29) is 17.7 Å². The molecule has 5 nitrogen and oxygen atoms in total. The molecule has 1 fully saturated rings. The van der Waals surface area contributed by atoms with Gasteiger partial charge in [0.2, 0.25) is 0 Å². The van der Waals surface area contributed by atoms with Crippen molar-refractivity contribution in [1.82, 2.24) is 10.3 Å². The van der Waals surface area contributed by atoms with Crippen molar-refractivity contribution < 1.29 is 9.90 Å². The number of aromatic hydroxyl groups is 1. The number of pyridine rings is 1. The number of phenolic OH excluding ortho intramolecular Hbond substituents is 1. The highest BCUT2D eigenvalue weighted by molar-refractivity contribution is 6.31. The lowest BCUT2D eigenvalue weighted by Gasteiger charge is -2.30. The van der Waals surface area contributed by atoms with Crippen LogP contribution in [0, 0.1) is 0 Å². The number of carbonyl (C=O) groups is 1. The van der Waals surface area contributed by atoms with Crippen LogP contribution in [-0.4, -0.2) is 28.1 Å². The van der Waals surface area contributed by atoms with Crippen LogP contribution in [0.2, 0.25) is 5.02 Å². The normalized spacial score (nSPS) is 19.3. The van der Waals surface area contributed by atoms with E-state index in [1.807, 2.05) is 24.3 Å². The number of phenols is 1. The summed E-state index contributed by atoms with van der Waals surface area (Å²) in [4.78, 5) is 16.7. The molecule has 0 aliphatic heterocycles. The van der Waals surface area contributed by atoms with Gasteiger partial charge in [0.1, 0.15) is 5.75 Å². The Morgan fingerprint density at radius 3 is 2.61 bits per heavy atom. The van der Waals surface area contributed by atoms with Crippen LogP contribution in [-0.2, 0) is 0 Å². The Bertz CT molecular complexity index is 1000. The lowest BCUT2D eigenvalue weighted by atomic mass is 9.90. The van der Waals surface area contributed by atoms with Gasteiger partial charge >= 0.3 is 0 Å². The molecular weight excluding hydrogens is 374 g/mol. The third kappa shape index (κ3) is 4.20. The molecule has 3 N–H and O–H groups in total. The third-order valence-corrected chi connectivity index (χ3v) is 5.47. The van der Waals surface area contributed by atoms with Gasteiger partial charge in [0.25, 0.3) is 5.91 Å². The van der Waals surface area contributed by atoms with Crippen LogP contribution in [0.5, 0.6) is 5.75 Å². The second-order valence-corrected chi connectivity index (χ2v) is 7.67. The number of hydrogen-bond donors (Lipinski definition) is 3. The molecule has 2 aromatic carbocycles. The number of aromatic nitrogens is 1. The highest BCUT2D eigenvalue weighted by atomic mass is 35.5. The Kier molecular flexibility index (Phi) is 5.35.